The van der Waals surface area contributed by atoms with Crippen LogP contribution in [-0.2, 0) is 7.05 Å². The van der Waals surface area contributed by atoms with Crippen molar-refractivity contribution >= 4 is 16.9 Å². The van der Waals surface area contributed by atoms with Crippen LogP contribution in [0.4, 0.5) is 5.82 Å². The summed E-state index contributed by atoms with van der Waals surface area (Å²) in [5, 5.41) is 9.13. The van der Waals surface area contributed by atoms with Crippen LogP contribution in [0.15, 0.2) is 24.5 Å². The van der Waals surface area contributed by atoms with Gasteiger partial charge in [0.05, 0.1) is 11.1 Å². The number of hydrogen-bond donors (Lipinski definition) is 3. The fourth-order valence-corrected chi connectivity index (χ4v) is 4.48. The second kappa shape index (κ2) is 6.54. The predicted octanol–water partition coefficient (Wildman–Crippen LogP) is 1.79. The molecule has 2 aliphatic rings. The smallest absolute Gasteiger partial charge is 0.164 e. The van der Waals surface area contributed by atoms with Gasteiger partial charge in [-0.3, -0.25) is 20.5 Å². The first-order chi connectivity index (χ1) is 13.2. The molecule has 0 radical (unpaired) electrons. The van der Waals surface area contributed by atoms with Gasteiger partial charge in [-0.15, -0.1) is 0 Å². The number of hydrogen-bond acceptors (Lipinski definition) is 7. The number of fused-ring (bicyclic) bond motifs is 2. The minimum absolute atomic E-state index is 0.406. The first kappa shape index (κ1) is 16.6. The Morgan fingerprint density at radius 1 is 1.19 bits per heavy atom. The van der Waals surface area contributed by atoms with E-state index in [9.17, 15) is 0 Å². The molecular formula is C19H24N8. The lowest BCUT2D eigenvalue weighted by molar-refractivity contribution is 0.460. The van der Waals surface area contributed by atoms with Gasteiger partial charge in [0.2, 0.25) is 0 Å². The molecule has 3 aromatic heterocycles. The Kier molecular flexibility index (Phi) is 4.02. The summed E-state index contributed by atoms with van der Waals surface area (Å²) in [6.45, 7) is 2.83. The lowest BCUT2D eigenvalue weighted by Crippen LogP contribution is -2.38. The summed E-state index contributed by atoms with van der Waals surface area (Å²) < 4.78 is 1.82. The van der Waals surface area contributed by atoms with Crippen molar-refractivity contribution in [1.29, 1.82) is 0 Å². The number of aromatic nitrogens is 5. The van der Waals surface area contributed by atoms with Gasteiger partial charge in [-0.1, -0.05) is 6.42 Å². The first-order valence-electron chi connectivity index (χ1n) is 9.57. The molecule has 3 aromatic rings. The third-order valence-corrected chi connectivity index (χ3v) is 5.83. The van der Waals surface area contributed by atoms with Crippen LogP contribution >= 0.6 is 0 Å². The maximum Gasteiger partial charge on any atom is 0.164 e. The zero-order valence-corrected chi connectivity index (χ0v) is 15.6. The maximum atomic E-state index is 4.84. The molecule has 5 rings (SSSR count). The van der Waals surface area contributed by atoms with E-state index in [2.05, 4.69) is 26.3 Å². The molecule has 1 saturated carbocycles. The van der Waals surface area contributed by atoms with E-state index in [-0.39, 0.29) is 0 Å². The Hall–Kier alpha value is -2.58. The fourth-order valence-electron chi connectivity index (χ4n) is 4.48. The summed E-state index contributed by atoms with van der Waals surface area (Å²) in [5.74, 6) is 2.22. The quantitative estimate of drug-likeness (QED) is 0.650. The van der Waals surface area contributed by atoms with Gasteiger partial charge in [0.25, 0.3) is 0 Å². The van der Waals surface area contributed by atoms with Crippen molar-refractivity contribution < 1.29 is 0 Å². The third kappa shape index (κ3) is 2.85. The summed E-state index contributed by atoms with van der Waals surface area (Å²) in [6.07, 6.45) is 7.38. The molecule has 0 spiro atoms. The number of anilines is 1. The minimum atomic E-state index is 0.406. The van der Waals surface area contributed by atoms with Crippen LogP contribution < -0.4 is 16.2 Å². The summed E-state index contributed by atoms with van der Waals surface area (Å²) in [7, 11) is 1.92. The van der Waals surface area contributed by atoms with Crippen LogP contribution in [-0.4, -0.2) is 43.4 Å². The molecule has 1 aliphatic carbocycles. The van der Waals surface area contributed by atoms with Gasteiger partial charge in [0, 0.05) is 43.6 Å². The van der Waals surface area contributed by atoms with Crippen LogP contribution in [0, 0.1) is 12.8 Å². The molecule has 27 heavy (non-hydrogen) atoms. The lowest BCUT2D eigenvalue weighted by atomic mass is 9.97. The van der Waals surface area contributed by atoms with Crippen molar-refractivity contribution in [1.82, 2.24) is 35.6 Å². The largest absolute Gasteiger partial charge is 0.368 e. The van der Waals surface area contributed by atoms with Crippen molar-refractivity contribution in [3.63, 3.8) is 0 Å². The molecule has 2 fully saturated rings. The zero-order chi connectivity index (χ0) is 18.4. The van der Waals surface area contributed by atoms with Gasteiger partial charge in [-0.05, 0) is 37.8 Å². The van der Waals surface area contributed by atoms with Crippen molar-refractivity contribution in [3.05, 3.63) is 30.2 Å². The number of pyridine rings is 1. The van der Waals surface area contributed by atoms with Gasteiger partial charge in [0.1, 0.15) is 5.82 Å². The predicted molar refractivity (Wildman–Crippen MR) is 104 cm³/mol. The molecule has 1 aliphatic heterocycles. The van der Waals surface area contributed by atoms with Gasteiger partial charge < -0.3 is 5.32 Å². The van der Waals surface area contributed by atoms with E-state index in [1.807, 2.05) is 30.8 Å². The molecule has 0 amide bonds. The topological polar surface area (TPSA) is 92.6 Å². The van der Waals surface area contributed by atoms with Crippen molar-refractivity contribution in [2.24, 2.45) is 13.0 Å². The standard InChI is InChI=1S/C19H24N8/c1-11-16-18(21-10-15-13-4-3-5-14(13)24-25-15)22-17(12-6-8-20-9-7-12)23-19(16)27(2)26-11/h6-9,13-15,24-25H,3-5,10H2,1-2H3,(H,21,22,23). The average molecular weight is 364 g/mol. The molecule has 1 saturated heterocycles. The zero-order valence-electron chi connectivity index (χ0n) is 15.6. The van der Waals surface area contributed by atoms with E-state index in [1.165, 1.54) is 19.3 Å². The summed E-state index contributed by atoms with van der Waals surface area (Å²) in [5.41, 5.74) is 9.63. The Balaban J connectivity index is 1.50. The van der Waals surface area contributed by atoms with Crippen molar-refractivity contribution in [2.75, 3.05) is 11.9 Å². The number of nitrogens with one attached hydrogen (secondary N) is 3. The third-order valence-electron chi connectivity index (χ3n) is 5.83. The van der Waals surface area contributed by atoms with Gasteiger partial charge >= 0.3 is 0 Å². The molecule has 4 heterocycles. The molecule has 3 atom stereocenters. The van der Waals surface area contributed by atoms with E-state index in [0.717, 1.165) is 34.7 Å². The highest BCUT2D eigenvalue weighted by atomic mass is 15.4. The Morgan fingerprint density at radius 2 is 2.04 bits per heavy atom. The average Bonchev–Trinajstić information content (AvgIpc) is 3.37. The summed E-state index contributed by atoms with van der Waals surface area (Å²) >= 11 is 0. The second-order valence-corrected chi connectivity index (χ2v) is 7.52. The highest BCUT2D eigenvalue weighted by Gasteiger charge is 2.38. The van der Waals surface area contributed by atoms with Crippen LogP contribution in [0.2, 0.25) is 0 Å². The van der Waals surface area contributed by atoms with Crippen LogP contribution in [0.3, 0.4) is 0 Å². The second-order valence-electron chi connectivity index (χ2n) is 7.52. The van der Waals surface area contributed by atoms with E-state index in [0.29, 0.717) is 23.8 Å². The van der Waals surface area contributed by atoms with Crippen LogP contribution in [0.1, 0.15) is 25.0 Å². The number of aryl methyl sites for hydroxylation is 2. The molecule has 3 unspecified atom stereocenters. The first-order valence-corrected chi connectivity index (χ1v) is 9.57. The highest BCUT2D eigenvalue weighted by Crippen LogP contribution is 2.32. The monoisotopic (exact) mass is 364 g/mol. The lowest BCUT2D eigenvalue weighted by Gasteiger charge is -2.18. The molecule has 140 valence electrons. The normalized spacial score (nSPS) is 24.4. The van der Waals surface area contributed by atoms with Crippen LogP contribution in [0.5, 0.6) is 0 Å². The van der Waals surface area contributed by atoms with Crippen molar-refractivity contribution in [2.45, 2.75) is 38.3 Å². The number of nitrogens with zero attached hydrogens (tertiary/aromatic N) is 5. The van der Waals surface area contributed by atoms with Gasteiger partial charge in [-0.2, -0.15) is 5.10 Å². The Bertz CT molecular complexity index is 967. The maximum absolute atomic E-state index is 4.84. The Labute approximate surface area is 157 Å². The van der Waals surface area contributed by atoms with E-state index >= 15 is 0 Å². The van der Waals surface area contributed by atoms with E-state index < -0.39 is 0 Å². The molecule has 3 N–H and O–H groups in total. The van der Waals surface area contributed by atoms with Crippen molar-refractivity contribution in [3.8, 4) is 11.4 Å². The minimum Gasteiger partial charge on any atom is -0.368 e. The van der Waals surface area contributed by atoms with Gasteiger partial charge in [-0.25, -0.2) is 9.97 Å². The Morgan fingerprint density at radius 3 is 2.89 bits per heavy atom. The SMILES string of the molecule is Cc1nn(C)c2nc(-c3ccncc3)nc(NCC3NNC4CCCC43)c12. The summed E-state index contributed by atoms with van der Waals surface area (Å²) in [6, 6.07) is 4.87. The molecular weight excluding hydrogens is 340 g/mol. The molecule has 8 nitrogen and oxygen atoms in total. The van der Waals surface area contributed by atoms with Crippen LogP contribution in [0.25, 0.3) is 22.4 Å². The fraction of sp³-hybridized carbons (Fsp3) is 0.474. The highest BCUT2D eigenvalue weighted by molar-refractivity contribution is 5.90. The number of rotatable bonds is 4. The summed E-state index contributed by atoms with van der Waals surface area (Å²) in [4.78, 5) is 13.7. The van der Waals surface area contributed by atoms with E-state index in [1.54, 1.807) is 12.4 Å². The molecule has 0 aromatic carbocycles. The van der Waals surface area contributed by atoms with Gasteiger partial charge in [0.15, 0.2) is 11.5 Å². The number of hydrazine groups is 1. The molecule has 0 bridgehead atoms. The van der Waals surface area contributed by atoms with E-state index in [4.69, 9.17) is 9.97 Å². The molecule has 8 heteroatoms.